The van der Waals surface area contributed by atoms with Crippen molar-refractivity contribution in [3.8, 4) is 0 Å². The van der Waals surface area contributed by atoms with E-state index in [-0.39, 0.29) is 23.7 Å². The predicted molar refractivity (Wildman–Crippen MR) is 73.5 cm³/mol. The van der Waals surface area contributed by atoms with E-state index in [9.17, 15) is 13.5 Å². The van der Waals surface area contributed by atoms with Gasteiger partial charge in [0.1, 0.15) is 0 Å². The Bertz CT molecular complexity index is 331. The fourth-order valence-electron chi connectivity index (χ4n) is 2.03. The molecule has 1 atom stereocenters. The molecular weight excluding hydrogens is 252 g/mol. The molecule has 0 bridgehead atoms. The molecule has 1 aliphatic rings. The molecule has 1 fully saturated rings. The zero-order chi connectivity index (χ0) is 13.6. The Balaban J connectivity index is 2.35. The molecule has 0 aromatic heterocycles. The van der Waals surface area contributed by atoms with Crippen molar-refractivity contribution in [2.24, 2.45) is 0 Å². The second-order valence-corrected chi connectivity index (χ2v) is 7.69. The molecule has 0 aliphatic carbocycles. The SMILES string of the molecule is CCCNC(C)(CO)CCN1CCS(=O)(=O)CC1. The monoisotopic (exact) mass is 278 g/mol. The maximum atomic E-state index is 11.3. The first-order valence-electron chi connectivity index (χ1n) is 6.69. The van der Waals surface area contributed by atoms with Crippen LogP contribution in [0.4, 0.5) is 0 Å². The Labute approximate surface area is 110 Å². The van der Waals surface area contributed by atoms with Gasteiger partial charge in [-0.3, -0.25) is 0 Å². The van der Waals surface area contributed by atoms with Crippen LogP contribution in [0.1, 0.15) is 26.7 Å². The number of nitrogens with zero attached hydrogens (tertiary/aromatic N) is 1. The number of nitrogens with one attached hydrogen (secondary N) is 1. The summed E-state index contributed by atoms with van der Waals surface area (Å²) < 4.78 is 22.6. The van der Waals surface area contributed by atoms with E-state index in [1.807, 2.05) is 6.92 Å². The lowest BCUT2D eigenvalue weighted by Gasteiger charge is -2.33. The molecule has 0 spiro atoms. The topological polar surface area (TPSA) is 69.6 Å². The van der Waals surface area contributed by atoms with Gasteiger partial charge in [-0.1, -0.05) is 6.92 Å². The molecule has 1 unspecified atom stereocenters. The lowest BCUT2D eigenvalue weighted by Crippen LogP contribution is -2.49. The molecule has 5 nitrogen and oxygen atoms in total. The number of sulfone groups is 1. The minimum atomic E-state index is -2.80. The van der Waals surface area contributed by atoms with Gasteiger partial charge in [0, 0.05) is 25.2 Å². The molecule has 108 valence electrons. The summed E-state index contributed by atoms with van der Waals surface area (Å²) in [5, 5.41) is 12.8. The average molecular weight is 278 g/mol. The summed E-state index contributed by atoms with van der Waals surface area (Å²) in [5.74, 6) is 0.538. The van der Waals surface area contributed by atoms with E-state index in [1.54, 1.807) is 0 Å². The Morgan fingerprint density at radius 2 is 1.94 bits per heavy atom. The number of hydrogen-bond donors (Lipinski definition) is 2. The van der Waals surface area contributed by atoms with Crippen LogP contribution in [0.3, 0.4) is 0 Å². The number of aliphatic hydroxyl groups is 1. The second kappa shape index (κ2) is 6.84. The summed E-state index contributed by atoms with van der Waals surface area (Å²) >= 11 is 0. The van der Waals surface area contributed by atoms with Gasteiger partial charge in [-0.15, -0.1) is 0 Å². The minimum Gasteiger partial charge on any atom is -0.394 e. The Hall–Kier alpha value is -0.170. The lowest BCUT2D eigenvalue weighted by molar-refractivity contribution is 0.147. The first kappa shape index (κ1) is 15.9. The van der Waals surface area contributed by atoms with Crippen molar-refractivity contribution in [2.75, 3.05) is 44.3 Å². The van der Waals surface area contributed by atoms with E-state index in [2.05, 4.69) is 17.1 Å². The van der Waals surface area contributed by atoms with Crippen LogP contribution in [0.2, 0.25) is 0 Å². The summed E-state index contributed by atoms with van der Waals surface area (Å²) in [4.78, 5) is 2.17. The van der Waals surface area contributed by atoms with Crippen LogP contribution in [0, 0.1) is 0 Å². The standard InChI is InChI=1S/C12H26N2O3S/c1-3-5-13-12(2,11-15)4-6-14-7-9-18(16,17)10-8-14/h13,15H,3-11H2,1-2H3. The fraction of sp³-hybridized carbons (Fsp3) is 1.00. The van der Waals surface area contributed by atoms with Crippen molar-refractivity contribution in [3.05, 3.63) is 0 Å². The van der Waals surface area contributed by atoms with Crippen LogP contribution in [0.15, 0.2) is 0 Å². The van der Waals surface area contributed by atoms with Crippen LogP contribution < -0.4 is 5.32 Å². The van der Waals surface area contributed by atoms with E-state index in [0.29, 0.717) is 13.1 Å². The molecule has 0 saturated carbocycles. The molecule has 1 heterocycles. The summed E-state index contributed by atoms with van der Waals surface area (Å²) in [7, 11) is -2.80. The molecule has 2 N–H and O–H groups in total. The van der Waals surface area contributed by atoms with Crippen molar-refractivity contribution in [3.63, 3.8) is 0 Å². The van der Waals surface area contributed by atoms with E-state index in [0.717, 1.165) is 25.9 Å². The van der Waals surface area contributed by atoms with Crippen molar-refractivity contribution in [1.29, 1.82) is 0 Å². The van der Waals surface area contributed by atoms with Crippen LogP contribution in [0.25, 0.3) is 0 Å². The van der Waals surface area contributed by atoms with E-state index >= 15 is 0 Å². The lowest BCUT2D eigenvalue weighted by atomic mass is 9.98. The van der Waals surface area contributed by atoms with E-state index in [1.165, 1.54) is 0 Å². The van der Waals surface area contributed by atoms with Gasteiger partial charge in [0.25, 0.3) is 0 Å². The average Bonchev–Trinajstić information content (AvgIpc) is 2.35. The Kier molecular flexibility index (Phi) is 6.04. The highest BCUT2D eigenvalue weighted by molar-refractivity contribution is 7.91. The maximum absolute atomic E-state index is 11.3. The number of hydrogen-bond acceptors (Lipinski definition) is 5. The molecule has 1 aliphatic heterocycles. The van der Waals surface area contributed by atoms with Crippen molar-refractivity contribution < 1.29 is 13.5 Å². The van der Waals surface area contributed by atoms with Gasteiger partial charge in [0.2, 0.25) is 0 Å². The smallest absolute Gasteiger partial charge is 0.152 e. The zero-order valence-corrected chi connectivity index (χ0v) is 12.3. The molecule has 1 rings (SSSR count). The molecule has 0 aromatic carbocycles. The first-order valence-corrected chi connectivity index (χ1v) is 8.51. The Morgan fingerprint density at radius 1 is 1.33 bits per heavy atom. The molecule has 6 heteroatoms. The molecule has 0 amide bonds. The summed E-state index contributed by atoms with van der Waals surface area (Å²) in [6.07, 6.45) is 1.88. The van der Waals surface area contributed by atoms with Gasteiger partial charge in [-0.2, -0.15) is 0 Å². The predicted octanol–water partition coefficient (Wildman–Crippen LogP) is -0.142. The Morgan fingerprint density at radius 3 is 2.44 bits per heavy atom. The van der Waals surface area contributed by atoms with Crippen LogP contribution in [0.5, 0.6) is 0 Å². The van der Waals surface area contributed by atoms with Crippen LogP contribution in [-0.4, -0.2) is 68.3 Å². The molecular formula is C12H26N2O3S. The van der Waals surface area contributed by atoms with Crippen LogP contribution >= 0.6 is 0 Å². The van der Waals surface area contributed by atoms with Crippen molar-refractivity contribution in [1.82, 2.24) is 10.2 Å². The van der Waals surface area contributed by atoms with Crippen LogP contribution in [-0.2, 0) is 9.84 Å². The zero-order valence-electron chi connectivity index (χ0n) is 11.5. The van der Waals surface area contributed by atoms with Gasteiger partial charge < -0.3 is 15.3 Å². The maximum Gasteiger partial charge on any atom is 0.152 e. The molecule has 18 heavy (non-hydrogen) atoms. The second-order valence-electron chi connectivity index (χ2n) is 5.39. The quantitative estimate of drug-likeness (QED) is 0.678. The van der Waals surface area contributed by atoms with Gasteiger partial charge in [-0.05, 0) is 26.3 Å². The van der Waals surface area contributed by atoms with E-state index < -0.39 is 9.84 Å². The number of rotatable bonds is 7. The summed E-state index contributed by atoms with van der Waals surface area (Å²) in [6, 6.07) is 0. The molecule has 1 saturated heterocycles. The first-order chi connectivity index (χ1) is 8.41. The third-order valence-corrected chi connectivity index (χ3v) is 5.18. The third-order valence-electron chi connectivity index (χ3n) is 3.57. The highest BCUT2D eigenvalue weighted by atomic mass is 32.2. The minimum absolute atomic E-state index is 0.110. The van der Waals surface area contributed by atoms with Gasteiger partial charge >= 0.3 is 0 Å². The van der Waals surface area contributed by atoms with Gasteiger partial charge in [-0.25, -0.2) is 8.42 Å². The normalized spacial score (nSPS) is 23.7. The van der Waals surface area contributed by atoms with Gasteiger partial charge in [0.05, 0.1) is 18.1 Å². The molecule has 0 radical (unpaired) electrons. The molecule has 0 aromatic rings. The summed E-state index contributed by atoms with van der Waals surface area (Å²) in [6.45, 7) is 7.20. The summed E-state index contributed by atoms with van der Waals surface area (Å²) in [5.41, 5.74) is -0.258. The largest absolute Gasteiger partial charge is 0.394 e. The van der Waals surface area contributed by atoms with Gasteiger partial charge in [0.15, 0.2) is 9.84 Å². The number of aliphatic hydroxyl groups excluding tert-OH is 1. The van der Waals surface area contributed by atoms with Crippen molar-refractivity contribution >= 4 is 9.84 Å². The van der Waals surface area contributed by atoms with E-state index in [4.69, 9.17) is 0 Å². The fourth-order valence-corrected chi connectivity index (χ4v) is 3.31. The highest BCUT2D eigenvalue weighted by Crippen LogP contribution is 2.12. The third kappa shape index (κ3) is 5.22. The van der Waals surface area contributed by atoms with Crippen molar-refractivity contribution in [2.45, 2.75) is 32.2 Å². The highest BCUT2D eigenvalue weighted by Gasteiger charge is 2.26.